The van der Waals surface area contributed by atoms with Gasteiger partial charge in [0.25, 0.3) is 10.2 Å². The first-order valence-corrected chi connectivity index (χ1v) is 7.70. The van der Waals surface area contributed by atoms with Gasteiger partial charge in [-0.2, -0.15) is 17.4 Å². The molecule has 2 N–H and O–H groups in total. The number of rotatable bonds is 7. The number of carboxylic acids is 1. The van der Waals surface area contributed by atoms with Gasteiger partial charge in [-0.15, -0.1) is 0 Å². The molecule has 0 bridgehead atoms. The minimum absolute atomic E-state index is 0.0986. The van der Waals surface area contributed by atoms with Crippen LogP contribution in [-0.4, -0.2) is 42.9 Å². The Balaban J connectivity index is 2.86. The highest BCUT2D eigenvalue weighted by atomic mass is 32.2. The molecule has 1 atom stereocenters. The molecule has 7 heteroatoms. The Morgan fingerprint density at radius 3 is 2.30 bits per heavy atom. The van der Waals surface area contributed by atoms with E-state index in [0.29, 0.717) is 0 Å². The molecule has 0 heterocycles. The maximum atomic E-state index is 12.0. The molecule has 6 nitrogen and oxygen atoms in total. The summed E-state index contributed by atoms with van der Waals surface area (Å²) in [6.07, 6.45) is 0.0986. The summed E-state index contributed by atoms with van der Waals surface area (Å²) in [7, 11) is -2.41. The third-order valence-corrected chi connectivity index (χ3v) is 4.74. The number of nitrogens with zero attached hydrogens (tertiary/aromatic N) is 1. The molecule has 1 unspecified atom stereocenters. The summed E-state index contributed by atoms with van der Waals surface area (Å²) in [5.41, 5.74) is 0.759. The largest absolute Gasteiger partial charge is 0.480 e. The van der Waals surface area contributed by atoms with Crippen LogP contribution in [0.5, 0.6) is 0 Å². The molecule has 1 aromatic rings. The van der Waals surface area contributed by atoms with E-state index in [1.54, 1.807) is 38.1 Å². The minimum atomic E-state index is -3.82. The third kappa shape index (κ3) is 4.59. The second-order valence-electron chi connectivity index (χ2n) is 4.81. The minimum Gasteiger partial charge on any atom is -0.480 e. The Hall–Kier alpha value is -1.44. The standard InChI is InChI=1S/C13H20N2O4S/c1-10(2)15(3)20(18,19)14-12(13(16)17)9-11-7-5-4-6-8-11/h4-8,10,12,14H,9H2,1-3H3,(H,16,17). The second-order valence-corrected chi connectivity index (χ2v) is 6.58. The fourth-order valence-electron chi connectivity index (χ4n) is 1.57. The van der Waals surface area contributed by atoms with E-state index in [1.165, 1.54) is 7.05 Å². The smallest absolute Gasteiger partial charge is 0.322 e. The molecule has 0 aromatic heterocycles. The zero-order valence-corrected chi connectivity index (χ0v) is 12.6. The van der Waals surface area contributed by atoms with Crippen molar-refractivity contribution in [3.63, 3.8) is 0 Å². The summed E-state index contributed by atoms with van der Waals surface area (Å²) in [6.45, 7) is 3.43. The van der Waals surface area contributed by atoms with E-state index >= 15 is 0 Å². The van der Waals surface area contributed by atoms with Gasteiger partial charge in [-0.25, -0.2) is 0 Å². The zero-order chi connectivity index (χ0) is 15.3. The van der Waals surface area contributed by atoms with E-state index < -0.39 is 22.2 Å². The van der Waals surface area contributed by atoms with E-state index in [-0.39, 0.29) is 12.5 Å². The molecule has 0 aliphatic heterocycles. The quantitative estimate of drug-likeness (QED) is 0.782. The van der Waals surface area contributed by atoms with Crippen LogP contribution in [0.3, 0.4) is 0 Å². The lowest BCUT2D eigenvalue weighted by Crippen LogP contribution is -2.49. The monoisotopic (exact) mass is 300 g/mol. The van der Waals surface area contributed by atoms with Gasteiger partial charge < -0.3 is 5.11 Å². The topological polar surface area (TPSA) is 86.7 Å². The van der Waals surface area contributed by atoms with Gasteiger partial charge in [-0.05, 0) is 25.8 Å². The molecule has 20 heavy (non-hydrogen) atoms. The summed E-state index contributed by atoms with van der Waals surface area (Å²) < 4.78 is 27.4. The lowest BCUT2D eigenvalue weighted by molar-refractivity contribution is -0.138. The van der Waals surface area contributed by atoms with Crippen molar-refractivity contribution in [2.75, 3.05) is 7.05 Å². The van der Waals surface area contributed by atoms with Crippen molar-refractivity contribution < 1.29 is 18.3 Å². The van der Waals surface area contributed by atoms with Crippen molar-refractivity contribution in [3.05, 3.63) is 35.9 Å². The van der Waals surface area contributed by atoms with E-state index in [9.17, 15) is 18.3 Å². The molecule has 0 saturated heterocycles. The highest BCUT2D eigenvalue weighted by molar-refractivity contribution is 7.87. The van der Waals surface area contributed by atoms with Gasteiger partial charge in [0, 0.05) is 13.1 Å². The number of carboxylic acid groups (broad SMARTS) is 1. The first-order chi connectivity index (χ1) is 9.24. The molecular weight excluding hydrogens is 280 g/mol. The average Bonchev–Trinajstić information content (AvgIpc) is 2.37. The summed E-state index contributed by atoms with van der Waals surface area (Å²) in [6, 6.07) is 7.46. The highest BCUT2D eigenvalue weighted by Gasteiger charge is 2.28. The molecule has 1 aromatic carbocycles. The van der Waals surface area contributed by atoms with Crippen LogP contribution in [0.25, 0.3) is 0 Å². The van der Waals surface area contributed by atoms with Crippen molar-refractivity contribution in [2.45, 2.75) is 32.4 Å². The van der Waals surface area contributed by atoms with Crippen LogP contribution in [0.2, 0.25) is 0 Å². The SMILES string of the molecule is CC(C)N(C)S(=O)(=O)NC(Cc1ccccc1)C(=O)O. The predicted octanol–water partition coefficient (Wildman–Crippen LogP) is 0.857. The Kier molecular flexibility index (Phi) is 5.67. The van der Waals surface area contributed by atoms with Gasteiger partial charge in [0.1, 0.15) is 6.04 Å². The maximum Gasteiger partial charge on any atom is 0.322 e. The molecule has 0 saturated carbocycles. The van der Waals surface area contributed by atoms with E-state index in [1.807, 2.05) is 6.07 Å². The molecule has 0 fully saturated rings. The van der Waals surface area contributed by atoms with Crippen LogP contribution < -0.4 is 4.72 Å². The normalized spacial score (nSPS) is 13.7. The Morgan fingerprint density at radius 1 is 1.30 bits per heavy atom. The van der Waals surface area contributed by atoms with Crippen molar-refractivity contribution in [2.24, 2.45) is 0 Å². The number of aliphatic carboxylic acids is 1. The number of benzene rings is 1. The summed E-state index contributed by atoms with van der Waals surface area (Å²) in [5.74, 6) is -1.20. The predicted molar refractivity (Wildman–Crippen MR) is 76.5 cm³/mol. The van der Waals surface area contributed by atoms with Crippen LogP contribution in [0.4, 0.5) is 0 Å². The molecule has 0 amide bonds. The zero-order valence-electron chi connectivity index (χ0n) is 11.8. The summed E-state index contributed by atoms with van der Waals surface area (Å²) >= 11 is 0. The van der Waals surface area contributed by atoms with Crippen LogP contribution in [0.15, 0.2) is 30.3 Å². The number of nitrogens with one attached hydrogen (secondary N) is 1. The molecule has 0 radical (unpaired) electrons. The molecule has 1 rings (SSSR count). The van der Waals surface area contributed by atoms with Crippen molar-refractivity contribution in [1.29, 1.82) is 0 Å². The Morgan fingerprint density at radius 2 is 1.85 bits per heavy atom. The average molecular weight is 300 g/mol. The molecule has 112 valence electrons. The van der Waals surface area contributed by atoms with Gasteiger partial charge in [0.15, 0.2) is 0 Å². The summed E-state index contributed by atoms with van der Waals surface area (Å²) in [5, 5.41) is 9.17. The van der Waals surface area contributed by atoms with E-state index in [0.717, 1.165) is 9.87 Å². The van der Waals surface area contributed by atoms with Gasteiger partial charge in [-0.1, -0.05) is 30.3 Å². The van der Waals surface area contributed by atoms with Crippen LogP contribution in [-0.2, 0) is 21.4 Å². The van der Waals surface area contributed by atoms with Gasteiger partial charge in [0.05, 0.1) is 0 Å². The van der Waals surface area contributed by atoms with Gasteiger partial charge >= 0.3 is 5.97 Å². The molecular formula is C13H20N2O4S. The number of carbonyl (C=O) groups is 1. The first-order valence-electron chi connectivity index (χ1n) is 6.26. The van der Waals surface area contributed by atoms with Crippen LogP contribution in [0.1, 0.15) is 19.4 Å². The highest BCUT2D eigenvalue weighted by Crippen LogP contribution is 2.07. The van der Waals surface area contributed by atoms with Gasteiger partial charge in [0.2, 0.25) is 0 Å². The van der Waals surface area contributed by atoms with Crippen LogP contribution >= 0.6 is 0 Å². The maximum absolute atomic E-state index is 12.0. The second kappa shape index (κ2) is 6.83. The van der Waals surface area contributed by atoms with E-state index in [2.05, 4.69) is 4.72 Å². The van der Waals surface area contributed by atoms with Crippen molar-refractivity contribution >= 4 is 16.2 Å². The summed E-state index contributed by atoms with van der Waals surface area (Å²) in [4.78, 5) is 11.2. The Bertz CT molecular complexity index is 543. The van der Waals surface area contributed by atoms with E-state index in [4.69, 9.17) is 0 Å². The molecule has 0 aliphatic rings. The fourth-order valence-corrected chi connectivity index (χ4v) is 2.83. The fraction of sp³-hybridized carbons (Fsp3) is 0.462. The molecule has 0 aliphatic carbocycles. The first kappa shape index (κ1) is 16.6. The third-order valence-electron chi connectivity index (χ3n) is 2.98. The molecule has 0 spiro atoms. The lowest BCUT2D eigenvalue weighted by atomic mass is 10.1. The van der Waals surface area contributed by atoms with Crippen LogP contribution in [0, 0.1) is 0 Å². The van der Waals surface area contributed by atoms with Crippen molar-refractivity contribution in [1.82, 2.24) is 9.03 Å². The van der Waals surface area contributed by atoms with Gasteiger partial charge in [-0.3, -0.25) is 4.79 Å². The Labute approximate surface area is 119 Å². The number of hydrogen-bond acceptors (Lipinski definition) is 3. The van der Waals surface area contributed by atoms with Crippen molar-refractivity contribution in [3.8, 4) is 0 Å². The lowest BCUT2D eigenvalue weighted by Gasteiger charge is -2.23. The number of hydrogen-bond donors (Lipinski definition) is 2.